The second-order valence-corrected chi connectivity index (χ2v) is 3.85. The molecule has 19 heavy (non-hydrogen) atoms. The van der Waals surface area contributed by atoms with Gasteiger partial charge in [-0.3, -0.25) is 0 Å². The van der Waals surface area contributed by atoms with Crippen molar-refractivity contribution in [1.29, 1.82) is 10.5 Å². The van der Waals surface area contributed by atoms with Crippen LogP contribution in [0.3, 0.4) is 0 Å². The van der Waals surface area contributed by atoms with Gasteiger partial charge >= 0.3 is 6.18 Å². The van der Waals surface area contributed by atoms with Crippen LogP contribution in [-0.4, -0.2) is 13.1 Å². The Hall–Kier alpha value is -2.21. The maximum Gasteiger partial charge on any atom is 0.416 e. The maximum atomic E-state index is 12.6. The van der Waals surface area contributed by atoms with E-state index < -0.39 is 11.7 Å². The number of hydrogen-bond acceptors (Lipinski definition) is 3. The van der Waals surface area contributed by atoms with Crippen molar-refractivity contribution in [2.75, 3.05) is 18.0 Å². The lowest BCUT2D eigenvalue weighted by molar-refractivity contribution is -0.137. The summed E-state index contributed by atoms with van der Waals surface area (Å²) < 4.78 is 37.8. The van der Waals surface area contributed by atoms with Gasteiger partial charge in [-0.1, -0.05) is 6.07 Å². The van der Waals surface area contributed by atoms with Crippen molar-refractivity contribution in [2.45, 2.75) is 19.0 Å². The zero-order valence-electron chi connectivity index (χ0n) is 10.1. The Balaban J connectivity index is 2.95. The first kappa shape index (κ1) is 14.8. The zero-order chi connectivity index (χ0) is 14.3. The van der Waals surface area contributed by atoms with Crippen LogP contribution in [-0.2, 0) is 6.18 Å². The van der Waals surface area contributed by atoms with Crippen LogP contribution >= 0.6 is 0 Å². The van der Waals surface area contributed by atoms with E-state index in [-0.39, 0.29) is 12.8 Å². The van der Waals surface area contributed by atoms with Gasteiger partial charge in [0, 0.05) is 18.8 Å². The third kappa shape index (κ3) is 4.51. The molecule has 0 heterocycles. The van der Waals surface area contributed by atoms with Gasteiger partial charge in [0.1, 0.15) is 0 Å². The fourth-order valence-electron chi connectivity index (χ4n) is 1.62. The predicted molar refractivity (Wildman–Crippen MR) is 64.1 cm³/mol. The second kappa shape index (κ2) is 6.65. The highest BCUT2D eigenvalue weighted by atomic mass is 19.4. The average Bonchev–Trinajstić information content (AvgIpc) is 2.38. The van der Waals surface area contributed by atoms with Crippen LogP contribution in [0.25, 0.3) is 0 Å². The molecule has 0 saturated carbocycles. The van der Waals surface area contributed by atoms with E-state index in [0.717, 1.165) is 12.1 Å². The quantitative estimate of drug-likeness (QED) is 0.822. The third-order valence-electron chi connectivity index (χ3n) is 2.53. The summed E-state index contributed by atoms with van der Waals surface area (Å²) in [5.74, 6) is 0. The largest absolute Gasteiger partial charge is 0.416 e. The predicted octanol–water partition coefficient (Wildman–Crippen LogP) is 3.34. The third-order valence-corrected chi connectivity index (χ3v) is 2.53. The maximum absolute atomic E-state index is 12.6. The van der Waals surface area contributed by atoms with Crippen LogP contribution in [0.4, 0.5) is 18.9 Å². The summed E-state index contributed by atoms with van der Waals surface area (Å²) in [6, 6.07) is 8.79. The normalized spacial score (nSPS) is 10.6. The van der Waals surface area contributed by atoms with Gasteiger partial charge in [-0.15, -0.1) is 0 Å². The van der Waals surface area contributed by atoms with Gasteiger partial charge < -0.3 is 4.90 Å². The molecule has 0 atom stereocenters. The Bertz CT molecular complexity index is 479. The lowest BCUT2D eigenvalue weighted by atomic mass is 10.1. The Morgan fingerprint density at radius 2 is 1.63 bits per heavy atom. The molecule has 0 amide bonds. The van der Waals surface area contributed by atoms with Gasteiger partial charge in [0.05, 0.1) is 30.5 Å². The van der Waals surface area contributed by atoms with E-state index in [9.17, 15) is 13.2 Å². The summed E-state index contributed by atoms with van der Waals surface area (Å²) >= 11 is 0. The summed E-state index contributed by atoms with van der Waals surface area (Å²) in [6.45, 7) is 0.610. The van der Waals surface area contributed by atoms with E-state index in [1.807, 2.05) is 12.1 Å². The van der Waals surface area contributed by atoms with Crippen LogP contribution < -0.4 is 4.90 Å². The molecule has 3 nitrogen and oxygen atoms in total. The van der Waals surface area contributed by atoms with Crippen molar-refractivity contribution in [3.63, 3.8) is 0 Å². The molecule has 0 radical (unpaired) electrons. The molecule has 0 aromatic heterocycles. The van der Waals surface area contributed by atoms with E-state index in [0.29, 0.717) is 18.8 Å². The molecule has 6 heteroatoms. The number of rotatable bonds is 5. The lowest BCUT2D eigenvalue weighted by Crippen LogP contribution is -2.25. The number of alkyl halides is 3. The molecule has 0 aliphatic rings. The minimum atomic E-state index is -4.40. The molecule has 0 unspecified atom stereocenters. The molecule has 0 bridgehead atoms. The first-order valence-electron chi connectivity index (χ1n) is 5.65. The van der Waals surface area contributed by atoms with Crippen molar-refractivity contribution in [3.8, 4) is 12.1 Å². The van der Waals surface area contributed by atoms with Crippen molar-refractivity contribution in [2.24, 2.45) is 0 Å². The summed E-state index contributed by atoms with van der Waals surface area (Å²) in [6.07, 6.45) is -4.00. The number of nitrogens with zero attached hydrogens (tertiary/aromatic N) is 3. The Labute approximate surface area is 109 Å². The van der Waals surface area contributed by atoms with Gasteiger partial charge in [0.15, 0.2) is 0 Å². The zero-order valence-corrected chi connectivity index (χ0v) is 10.1. The standard InChI is InChI=1S/C13H12F3N3/c14-13(15,16)11-4-1-5-12(10-11)19(8-2-6-17)9-3-7-18/h1,4-5,10H,2-3,8-9H2. The summed E-state index contributed by atoms with van der Waals surface area (Å²) in [7, 11) is 0. The highest BCUT2D eigenvalue weighted by Gasteiger charge is 2.30. The first-order chi connectivity index (χ1) is 8.99. The fourth-order valence-corrected chi connectivity index (χ4v) is 1.62. The van der Waals surface area contributed by atoms with Crippen molar-refractivity contribution in [1.82, 2.24) is 0 Å². The summed E-state index contributed by atoms with van der Waals surface area (Å²) in [4.78, 5) is 1.61. The average molecular weight is 267 g/mol. The monoisotopic (exact) mass is 267 g/mol. The van der Waals surface area contributed by atoms with Crippen molar-refractivity contribution < 1.29 is 13.2 Å². The molecule has 100 valence electrons. The Morgan fingerprint density at radius 3 is 2.11 bits per heavy atom. The minimum Gasteiger partial charge on any atom is -0.369 e. The molecule has 1 aromatic carbocycles. The second-order valence-electron chi connectivity index (χ2n) is 3.85. The van der Waals surface area contributed by atoms with Gasteiger partial charge in [-0.2, -0.15) is 23.7 Å². The van der Waals surface area contributed by atoms with Gasteiger partial charge in [0.25, 0.3) is 0 Å². The van der Waals surface area contributed by atoms with Gasteiger partial charge in [-0.05, 0) is 18.2 Å². The molecular weight excluding hydrogens is 255 g/mol. The molecular formula is C13H12F3N3. The van der Waals surface area contributed by atoms with E-state index >= 15 is 0 Å². The highest BCUT2D eigenvalue weighted by molar-refractivity contribution is 5.49. The van der Waals surface area contributed by atoms with Crippen molar-refractivity contribution in [3.05, 3.63) is 29.8 Å². The highest BCUT2D eigenvalue weighted by Crippen LogP contribution is 2.31. The van der Waals surface area contributed by atoms with E-state index in [1.165, 1.54) is 6.07 Å². The summed E-state index contributed by atoms with van der Waals surface area (Å²) in [5, 5.41) is 17.1. The van der Waals surface area contributed by atoms with E-state index in [2.05, 4.69) is 0 Å². The summed E-state index contributed by atoms with van der Waals surface area (Å²) in [5.41, 5.74) is -0.357. The molecule has 1 rings (SSSR count). The molecule has 0 aliphatic heterocycles. The first-order valence-corrected chi connectivity index (χ1v) is 5.65. The number of benzene rings is 1. The fraction of sp³-hybridized carbons (Fsp3) is 0.385. The van der Waals surface area contributed by atoms with Crippen LogP contribution in [0, 0.1) is 22.7 Å². The van der Waals surface area contributed by atoms with Crippen LogP contribution in [0.5, 0.6) is 0 Å². The lowest BCUT2D eigenvalue weighted by Gasteiger charge is -2.23. The molecule has 0 fully saturated rings. The molecule has 0 N–H and O–H groups in total. The molecule has 0 saturated heterocycles. The van der Waals surface area contributed by atoms with Gasteiger partial charge in [-0.25, -0.2) is 0 Å². The van der Waals surface area contributed by atoms with Gasteiger partial charge in [0.2, 0.25) is 0 Å². The SMILES string of the molecule is N#CCCN(CCC#N)c1cccc(C(F)(F)F)c1. The van der Waals surface area contributed by atoms with Crippen molar-refractivity contribution >= 4 is 5.69 Å². The number of anilines is 1. The van der Waals surface area contributed by atoms with Crippen LogP contribution in [0.2, 0.25) is 0 Å². The minimum absolute atomic E-state index is 0.196. The molecule has 0 spiro atoms. The number of nitriles is 2. The van der Waals surface area contributed by atoms with E-state index in [4.69, 9.17) is 10.5 Å². The topological polar surface area (TPSA) is 50.8 Å². The number of hydrogen-bond donors (Lipinski definition) is 0. The van der Waals surface area contributed by atoms with Crippen LogP contribution in [0.1, 0.15) is 18.4 Å². The smallest absolute Gasteiger partial charge is 0.369 e. The molecule has 1 aromatic rings. The van der Waals surface area contributed by atoms with Crippen LogP contribution in [0.15, 0.2) is 24.3 Å². The van der Waals surface area contributed by atoms with E-state index in [1.54, 1.807) is 11.0 Å². The number of halogens is 3. The Kier molecular flexibility index (Phi) is 5.20. The Morgan fingerprint density at radius 1 is 1.05 bits per heavy atom. The molecule has 0 aliphatic carbocycles.